The molecule has 0 unspecified atom stereocenters. The van der Waals surface area contributed by atoms with Crippen LogP contribution in [-0.2, 0) is 0 Å². The molecule has 5 heteroatoms. The van der Waals surface area contributed by atoms with Crippen LogP contribution < -0.4 is 0 Å². The van der Waals surface area contributed by atoms with E-state index < -0.39 is 0 Å². The van der Waals surface area contributed by atoms with Gasteiger partial charge in [-0.25, -0.2) is 15.0 Å². The molecule has 2 atom stereocenters. The summed E-state index contributed by atoms with van der Waals surface area (Å²) in [6.45, 7) is 0. The molecule has 2 heterocycles. The zero-order chi connectivity index (χ0) is 10.3. The molecule has 1 N–H and O–H groups in total. The van der Waals surface area contributed by atoms with Gasteiger partial charge in [0.05, 0.1) is 18.6 Å². The molecule has 0 amide bonds. The number of imidazole rings is 1. The van der Waals surface area contributed by atoms with E-state index in [9.17, 15) is 5.11 Å². The van der Waals surface area contributed by atoms with Crippen LogP contribution in [0.1, 0.15) is 25.3 Å². The van der Waals surface area contributed by atoms with E-state index in [0.29, 0.717) is 6.04 Å². The van der Waals surface area contributed by atoms with Crippen molar-refractivity contribution in [2.45, 2.75) is 31.4 Å². The number of aliphatic hydroxyl groups excluding tert-OH is 1. The van der Waals surface area contributed by atoms with E-state index in [4.69, 9.17) is 0 Å². The monoisotopic (exact) mass is 204 g/mol. The Morgan fingerprint density at radius 1 is 1.33 bits per heavy atom. The molecule has 0 aliphatic heterocycles. The Hall–Kier alpha value is -1.49. The smallest absolute Gasteiger partial charge is 0.163 e. The summed E-state index contributed by atoms with van der Waals surface area (Å²) in [4.78, 5) is 12.4. The summed E-state index contributed by atoms with van der Waals surface area (Å²) >= 11 is 0. The quantitative estimate of drug-likeness (QED) is 0.750. The SMILES string of the molecule is O[C@H]1CC[C@H](n2cnc3cncnc32)C1. The zero-order valence-corrected chi connectivity index (χ0v) is 8.24. The summed E-state index contributed by atoms with van der Waals surface area (Å²) in [5.74, 6) is 0. The Labute approximate surface area is 86.8 Å². The van der Waals surface area contributed by atoms with E-state index in [1.807, 2.05) is 4.57 Å². The third-order valence-electron chi connectivity index (χ3n) is 3.01. The summed E-state index contributed by atoms with van der Waals surface area (Å²) in [6, 6.07) is 0.333. The first-order valence-corrected chi connectivity index (χ1v) is 5.15. The van der Waals surface area contributed by atoms with Crippen LogP contribution in [0, 0.1) is 0 Å². The van der Waals surface area contributed by atoms with Crippen molar-refractivity contribution in [3.8, 4) is 0 Å². The molecule has 1 aliphatic carbocycles. The fourth-order valence-corrected chi connectivity index (χ4v) is 2.24. The first-order chi connectivity index (χ1) is 7.34. The van der Waals surface area contributed by atoms with Crippen molar-refractivity contribution >= 4 is 11.2 Å². The van der Waals surface area contributed by atoms with E-state index in [2.05, 4.69) is 15.0 Å². The summed E-state index contributed by atoms with van der Waals surface area (Å²) in [5.41, 5.74) is 1.68. The van der Waals surface area contributed by atoms with Crippen LogP contribution in [0.25, 0.3) is 11.2 Å². The zero-order valence-electron chi connectivity index (χ0n) is 8.24. The molecule has 1 saturated carbocycles. The van der Waals surface area contributed by atoms with Crippen molar-refractivity contribution in [3.05, 3.63) is 18.9 Å². The first kappa shape index (κ1) is 8.79. The largest absolute Gasteiger partial charge is 0.393 e. The second kappa shape index (κ2) is 3.27. The highest BCUT2D eigenvalue weighted by atomic mass is 16.3. The number of aromatic nitrogens is 4. The number of hydrogen-bond acceptors (Lipinski definition) is 4. The van der Waals surface area contributed by atoms with E-state index in [1.54, 1.807) is 12.5 Å². The first-order valence-electron chi connectivity index (χ1n) is 5.15. The van der Waals surface area contributed by atoms with Gasteiger partial charge < -0.3 is 9.67 Å². The summed E-state index contributed by atoms with van der Waals surface area (Å²) in [7, 11) is 0. The van der Waals surface area contributed by atoms with E-state index in [1.165, 1.54) is 6.33 Å². The molecular weight excluding hydrogens is 192 g/mol. The molecule has 5 nitrogen and oxygen atoms in total. The average Bonchev–Trinajstić information content (AvgIpc) is 2.83. The minimum atomic E-state index is -0.172. The Morgan fingerprint density at radius 3 is 3.07 bits per heavy atom. The molecule has 0 saturated heterocycles. The van der Waals surface area contributed by atoms with E-state index in [0.717, 1.165) is 30.4 Å². The van der Waals surface area contributed by atoms with Gasteiger partial charge in [0.25, 0.3) is 0 Å². The maximum atomic E-state index is 9.50. The number of fused-ring (bicyclic) bond motifs is 1. The van der Waals surface area contributed by atoms with Gasteiger partial charge in [0.1, 0.15) is 11.8 Å². The number of aliphatic hydroxyl groups is 1. The van der Waals surface area contributed by atoms with Crippen LogP contribution in [0.5, 0.6) is 0 Å². The van der Waals surface area contributed by atoms with Gasteiger partial charge in [0.15, 0.2) is 5.65 Å². The Morgan fingerprint density at radius 2 is 2.27 bits per heavy atom. The molecule has 2 aromatic rings. The van der Waals surface area contributed by atoms with Crippen LogP contribution >= 0.6 is 0 Å². The van der Waals surface area contributed by atoms with Gasteiger partial charge in [-0.05, 0) is 19.3 Å². The molecule has 0 spiro atoms. The lowest BCUT2D eigenvalue weighted by molar-refractivity contribution is 0.178. The summed E-state index contributed by atoms with van der Waals surface area (Å²) in [6.07, 6.45) is 7.54. The Kier molecular flexibility index (Phi) is 1.92. The topological polar surface area (TPSA) is 63.8 Å². The number of nitrogens with zero attached hydrogens (tertiary/aromatic N) is 4. The van der Waals surface area contributed by atoms with Gasteiger partial charge in [0.2, 0.25) is 0 Å². The molecule has 1 fully saturated rings. The number of hydrogen-bond donors (Lipinski definition) is 1. The number of rotatable bonds is 1. The second-order valence-corrected chi connectivity index (χ2v) is 4.00. The molecule has 0 aromatic carbocycles. The van der Waals surface area contributed by atoms with Gasteiger partial charge in [-0.3, -0.25) is 0 Å². The molecule has 0 radical (unpaired) electrons. The van der Waals surface area contributed by atoms with Gasteiger partial charge in [0, 0.05) is 6.04 Å². The van der Waals surface area contributed by atoms with Crippen molar-refractivity contribution in [2.75, 3.05) is 0 Å². The maximum absolute atomic E-state index is 9.50. The van der Waals surface area contributed by atoms with Gasteiger partial charge in [-0.15, -0.1) is 0 Å². The normalized spacial score (nSPS) is 26.2. The highest BCUT2D eigenvalue weighted by Gasteiger charge is 2.25. The standard InChI is InChI=1S/C10H12N4O/c15-8-2-1-7(3-8)14-6-13-9-4-11-5-12-10(9)14/h4-8,15H,1-3H2/t7-,8-/m0/s1. The van der Waals surface area contributed by atoms with Crippen LogP contribution in [0.15, 0.2) is 18.9 Å². The lowest BCUT2D eigenvalue weighted by Gasteiger charge is -2.11. The van der Waals surface area contributed by atoms with Gasteiger partial charge in [-0.2, -0.15) is 0 Å². The minimum Gasteiger partial charge on any atom is -0.393 e. The van der Waals surface area contributed by atoms with Crippen molar-refractivity contribution in [3.63, 3.8) is 0 Å². The van der Waals surface area contributed by atoms with Crippen LogP contribution in [0.2, 0.25) is 0 Å². The highest BCUT2D eigenvalue weighted by molar-refractivity contribution is 5.69. The Bertz CT molecular complexity index is 481. The van der Waals surface area contributed by atoms with Gasteiger partial charge >= 0.3 is 0 Å². The van der Waals surface area contributed by atoms with Crippen LogP contribution in [0.3, 0.4) is 0 Å². The minimum absolute atomic E-state index is 0.172. The maximum Gasteiger partial charge on any atom is 0.163 e. The molecule has 78 valence electrons. The molecule has 15 heavy (non-hydrogen) atoms. The fraction of sp³-hybridized carbons (Fsp3) is 0.500. The molecule has 1 aliphatic rings. The van der Waals surface area contributed by atoms with Crippen molar-refractivity contribution in [1.82, 2.24) is 19.5 Å². The molecular formula is C10H12N4O. The van der Waals surface area contributed by atoms with E-state index in [-0.39, 0.29) is 6.10 Å². The van der Waals surface area contributed by atoms with E-state index >= 15 is 0 Å². The summed E-state index contributed by atoms with van der Waals surface area (Å²) in [5, 5.41) is 9.50. The third-order valence-corrected chi connectivity index (χ3v) is 3.01. The van der Waals surface area contributed by atoms with Crippen LogP contribution in [-0.4, -0.2) is 30.7 Å². The predicted molar refractivity (Wildman–Crippen MR) is 54.2 cm³/mol. The molecule has 0 bridgehead atoms. The molecule has 2 aromatic heterocycles. The average molecular weight is 204 g/mol. The second-order valence-electron chi connectivity index (χ2n) is 4.00. The van der Waals surface area contributed by atoms with Crippen molar-refractivity contribution in [2.24, 2.45) is 0 Å². The Balaban J connectivity index is 2.04. The molecule has 3 rings (SSSR count). The van der Waals surface area contributed by atoms with Crippen molar-refractivity contribution < 1.29 is 5.11 Å². The lowest BCUT2D eigenvalue weighted by Crippen LogP contribution is -2.06. The van der Waals surface area contributed by atoms with Crippen LogP contribution in [0.4, 0.5) is 0 Å². The van der Waals surface area contributed by atoms with Gasteiger partial charge in [-0.1, -0.05) is 0 Å². The lowest BCUT2D eigenvalue weighted by atomic mass is 10.2. The fourth-order valence-electron chi connectivity index (χ4n) is 2.24. The highest BCUT2D eigenvalue weighted by Crippen LogP contribution is 2.31. The van der Waals surface area contributed by atoms with Crippen molar-refractivity contribution in [1.29, 1.82) is 0 Å². The summed E-state index contributed by atoms with van der Waals surface area (Å²) < 4.78 is 2.05. The predicted octanol–water partition coefficient (Wildman–Crippen LogP) is 0.912. The third kappa shape index (κ3) is 1.39.